The number of hydrogen-bond donors (Lipinski definition) is 2. The molecular weight excluding hydrogens is 354 g/mol. The normalized spacial score (nSPS) is 14.8. The highest BCUT2D eigenvalue weighted by atomic mass is 35.5. The number of para-hydroxylation sites is 1. The van der Waals surface area contributed by atoms with Crippen molar-refractivity contribution in [2.45, 2.75) is 6.92 Å². The first kappa shape index (κ1) is 18.6. The van der Waals surface area contributed by atoms with E-state index in [1.807, 2.05) is 12.1 Å². The Kier molecular flexibility index (Phi) is 6.38. The summed E-state index contributed by atoms with van der Waals surface area (Å²) in [6.07, 6.45) is 0. The fourth-order valence-corrected chi connectivity index (χ4v) is 2.87. The Bertz CT molecular complexity index is 765. The maximum Gasteiger partial charge on any atom is 0.274 e. The molecule has 0 aliphatic carbocycles. The van der Waals surface area contributed by atoms with Crippen LogP contribution in [0.4, 0.5) is 11.5 Å². The molecule has 1 aliphatic heterocycles. The van der Waals surface area contributed by atoms with E-state index in [1.54, 1.807) is 25.1 Å². The monoisotopic (exact) mass is 375 g/mol. The second-order valence-corrected chi connectivity index (χ2v) is 6.41. The molecule has 138 valence electrons. The number of hydrogen-bond acceptors (Lipinski definition) is 6. The van der Waals surface area contributed by atoms with Gasteiger partial charge in [-0.05, 0) is 19.1 Å². The number of ether oxygens (including phenoxy) is 1. The van der Waals surface area contributed by atoms with Gasteiger partial charge in [0, 0.05) is 32.2 Å². The van der Waals surface area contributed by atoms with Crippen molar-refractivity contribution in [2.75, 3.05) is 50.0 Å². The van der Waals surface area contributed by atoms with Crippen LogP contribution in [0.5, 0.6) is 0 Å². The quantitative estimate of drug-likeness (QED) is 0.807. The Hall–Kier alpha value is -2.22. The highest BCUT2D eigenvalue weighted by Crippen LogP contribution is 2.21. The fourth-order valence-electron chi connectivity index (χ4n) is 2.69. The zero-order valence-electron chi connectivity index (χ0n) is 14.7. The van der Waals surface area contributed by atoms with Crippen molar-refractivity contribution in [3.63, 3.8) is 0 Å². The molecule has 1 saturated heterocycles. The number of carbonyl (C=O) groups excluding carboxylic acids is 1. The summed E-state index contributed by atoms with van der Waals surface area (Å²) < 4.78 is 5.34. The third-order valence-corrected chi connectivity index (χ3v) is 4.36. The molecule has 3 rings (SSSR count). The summed E-state index contributed by atoms with van der Waals surface area (Å²) in [4.78, 5) is 23.4. The molecule has 2 N–H and O–H groups in total. The van der Waals surface area contributed by atoms with E-state index in [0.717, 1.165) is 39.4 Å². The molecule has 26 heavy (non-hydrogen) atoms. The van der Waals surface area contributed by atoms with Gasteiger partial charge in [0.2, 0.25) is 0 Å². The Labute approximate surface area is 157 Å². The van der Waals surface area contributed by atoms with Crippen molar-refractivity contribution >= 4 is 29.0 Å². The smallest absolute Gasteiger partial charge is 0.274 e. The van der Waals surface area contributed by atoms with Crippen LogP contribution < -0.4 is 10.6 Å². The van der Waals surface area contributed by atoms with Crippen molar-refractivity contribution in [3.8, 4) is 0 Å². The van der Waals surface area contributed by atoms with Crippen LogP contribution in [0.2, 0.25) is 5.02 Å². The van der Waals surface area contributed by atoms with E-state index in [0.29, 0.717) is 28.0 Å². The van der Waals surface area contributed by atoms with Gasteiger partial charge in [-0.1, -0.05) is 23.7 Å². The maximum absolute atomic E-state index is 12.5. The average molecular weight is 376 g/mol. The van der Waals surface area contributed by atoms with Crippen molar-refractivity contribution in [1.29, 1.82) is 0 Å². The lowest BCUT2D eigenvalue weighted by Gasteiger charge is -2.26. The summed E-state index contributed by atoms with van der Waals surface area (Å²) in [7, 11) is 0. The number of anilines is 2. The molecule has 1 aromatic heterocycles. The molecule has 1 aliphatic rings. The van der Waals surface area contributed by atoms with E-state index in [4.69, 9.17) is 16.3 Å². The van der Waals surface area contributed by atoms with Crippen molar-refractivity contribution in [3.05, 3.63) is 46.9 Å². The third-order valence-electron chi connectivity index (χ3n) is 4.03. The summed E-state index contributed by atoms with van der Waals surface area (Å²) >= 11 is 6.09. The number of nitrogens with one attached hydrogen (secondary N) is 2. The predicted octanol–water partition coefficient (Wildman–Crippen LogP) is 2.43. The van der Waals surface area contributed by atoms with E-state index < -0.39 is 0 Å². The second-order valence-electron chi connectivity index (χ2n) is 6.00. The van der Waals surface area contributed by atoms with Gasteiger partial charge in [0.05, 0.1) is 23.9 Å². The van der Waals surface area contributed by atoms with Gasteiger partial charge in [-0.3, -0.25) is 9.69 Å². The van der Waals surface area contributed by atoms with Gasteiger partial charge in [-0.2, -0.15) is 0 Å². The van der Waals surface area contributed by atoms with E-state index in [1.165, 1.54) is 0 Å². The molecule has 2 aromatic rings. The number of aromatic nitrogens is 2. The molecule has 0 radical (unpaired) electrons. The van der Waals surface area contributed by atoms with Gasteiger partial charge >= 0.3 is 0 Å². The average Bonchev–Trinajstić information content (AvgIpc) is 2.64. The number of carbonyl (C=O) groups is 1. The van der Waals surface area contributed by atoms with Crippen LogP contribution in [0.3, 0.4) is 0 Å². The summed E-state index contributed by atoms with van der Waals surface area (Å²) in [6.45, 7) is 6.83. The van der Waals surface area contributed by atoms with Gasteiger partial charge in [0.25, 0.3) is 5.91 Å². The highest BCUT2D eigenvalue weighted by Gasteiger charge is 2.13. The predicted molar refractivity (Wildman–Crippen MR) is 102 cm³/mol. The summed E-state index contributed by atoms with van der Waals surface area (Å²) in [5.41, 5.74) is 0.851. The first-order valence-electron chi connectivity index (χ1n) is 8.57. The highest BCUT2D eigenvalue weighted by molar-refractivity contribution is 6.33. The Morgan fingerprint density at radius 3 is 2.81 bits per heavy atom. The van der Waals surface area contributed by atoms with E-state index in [-0.39, 0.29) is 5.91 Å². The molecule has 7 nitrogen and oxygen atoms in total. The zero-order valence-corrected chi connectivity index (χ0v) is 15.4. The topological polar surface area (TPSA) is 79.4 Å². The molecule has 1 aromatic carbocycles. The largest absolute Gasteiger partial charge is 0.379 e. The van der Waals surface area contributed by atoms with Crippen LogP contribution >= 0.6 is 11.6 Å². The lowest BCUT2D eigenvalue weighted by atomic mass is 10.3. The lowest BCUT2D eigenvalue weighted by Crippen LogP contribution is -2.39. The minimum Gasteiger partial charge on any atom is -0.379 e. The standard InChI is InChI=1S/C18H22ClN5O2/c1-13-21-16(18(25)23-15-5-3-2-4-14(15)19)12-17(22-13)20-6-7-24-8-10-26-11-9-24/h2-5,12H,6-11H2,1H3,(H,23,25)(H,20,21,22). The number of rotatable bonds is 6. The summed E-state index contributed by atoms with van der Waals surface area (Å²) in [5, 5.41) is 6.52. The van der Waals surface area contributed by atoms with Crippen molar-refractivity contribution in [1.82, 2.24) is 14.9 Å². The summed E-state index contributed by atoms with van der Waals surface area (Å²) in [6, 6.07) is 8.74. The molecule has 0 atom stereocenters. The van der Waals surface area contributed by atoms with Crippen LogP contribution in [0, 0.1) is 6.92 Å². The molecule has 1 amide bonds. The van der Waals surface area contributed by atoms with Crippen molar-refractivity contribution < 1.29 is 9.53 Å². The van der Waals surface area contributed by atoms with Crippen LogP contribution in [0.15, 0.2) is 30.3 Å². The Balaban J connectivity index is 1.61. The number of morpholine rings is 1. The van der Waals surface area contributed by atoms with Gasteiger partial charge in [0.1, 0.15) is 17.3 Å². The molecule has 0 saturated carbocycles. The molecule has 0 spiro atoms. The number of benzene rings is 1. The number of amides is 1. The van der Waals surface area contributed by atoms with Crippen molar-refractivity contribution in [2.24, 2.45) is 0 Å². The molecule has 2 heterocycles. The minimum atomic E-state index is -0.320. The van der Waals surface area contributed by atoms with Gasteiger partial charge in [-0.15, -0.1) is 0 Å². The fraction of sp³-hybridized carbons (Fsp3) is 0.389. The van der Waals surface area contributed by atoms with Gasteiger partial charge < -0.3 is 15.4 Å². The lowest BCUT2D eigenvalue weighted by molar-refractivity contribution is 0.0398. The maximum atomic E-state index is 12.5. The SMILES string of the molecule is Cc1nc(NCCN2CCOCC2)cc(C(=O)Nc2ccccc2Cl)n1. The second kappa shape index (κ2) is 8.93. The Morgan fingerprint density at radius 1 is 1.27 bits per heavy atom. The number of halogens is 1. The molecule has 8 heteroatoms. The van der Waals surface area contributed by atoms with Gasteiger partial charge in [-0.25, -0.2) is 9.97 Å². The van der Waals surface area contributed by atoms with Crippen LogP contribution in [-0.2, 0) is 4.74 Å². The van der Waals surface area contributed by atoms with Crippen LogP contribution in [0.1, 0.15) is 16.3 Å². The number of nitrogens with zero attached hydrogens (tertiary/aromatic N) is 3. The Morgan fingerprint density at radius 2 is 2.04 bits per heavy atom. The molecule has 0 unspecified atom stereocenters. The third kappa shape index (κ3) is 5.14. The summed E-state index contributed by atoms with van der Waals surface area (Å²) in [5.74, 6) is 0.848. The van der Waals surface area contributed by atoms with E-state index in [2.05, 4.69) is 25.5 Å². The first-order valence-corrected chi connectivity index (χ1v) is 8.95. The molecule has 0 bridgehead atoms. The van der Waals surface area contributed by atoms with Crippen LogP contribution in [-0.4, -0.2) is 60.2 Å². The van der Waals surface area contributed by atoms with E-state index in [9.17, 15) is 4.79 Å². The molecular formula is C18H22ClN5O2. The first-order chi connectivity index (χ1) is 12.6. The van der Waals surface area contributed by atoms with Crippen LogP contribution in [0.25, 0.3) is 0 Å². The zero-order chi connectivity index (χ0) is 18.4. The number of aryl methyl sites for hydroxylation is 1. The van der Waals surface area contributed by atoms with E-state index >= 15 is 0 Å². The molecule has 1 fully saturated rings. The van der Waals surface area contributed by atoms with Gasteiger partial charge in [0.15, 0.2) is 0 Å². The minimum absolute atomic E-state index is 0.297.